The molecular formula is C20H17F2NO4. The number of anilines is 1. The third-order valence-corrected chi connectivity index (χ3v) is 4.19. The van der Waals surface area contributed by atoms with Crippen LogP contribution in [0.25, 0.3) is 0 Å². The number of Topliss-reactive ketones (excluding diaryl/α,β-unsaturated/α-hetero) is 1. The Hall–Kier alpha value is -3.09. The Morgan fingerprint density at radius 3 is 2.22 bits per heavy atom. The van der Waals surface area contributed by atoms with Crippen LogP contribution in [0.5, 0.6) is 0 Å². The maximum absolute atomic E-state index is 13.2. The van der Waals surface area contributed by atoms with E-state index in [-0.39, 0.29) is 23.0 Å². The van der Waals surface area contributed by atoms with Gasteiger partial charge in [-0.05, 0) is 62.2 Å². The number of hydrogen-bond acceptors (Lipinski definition) is 4. The van der Waals surface area contributed by atoms with Crippen LogP contribution in [0.1, 0.15) is 40.5 Å². The summed E-state index contributed by atoms with van der Waals surface area (Å²) in [5.74, 6) is -3.57. The number of ketones is 1. The fraction of sp³-hybridized carbons (Fsp3) is 0.250. The summed E-state index contributed by atoms with van der Waals surface area (Å²) in [6.45, 7) is 1.35. The lowest BCUT2D eigenvalue weighted by molar-refractivity contribution is -0.117. The molecule has 1 aliphatic rings. The molecule has 0 radical (unpaired) electrons. The van der Waals surface area contributed by atoms with Crippen molar-refractivity contribution in [1.29, 1.82) is 0 Å². The summed E-state index contributed by atoms with van der Waals surface area (Å²) in [6, 6.07) is 8.81. The summed E-state index contributed by atoms with van der Waals surface area (Å²) < 4.78 is 31.3. The van der Waals surface area contributed by atoms with Gasteiger partial charge in [0.05, 0.1) is 5.56 Å². The van der Waals surface area contributed by atoms with Gasteiger partial charge in [0, 0.05) is 17.2 Å². The molecule has 3 rings (SSSR count). The Kier molecular flexibility index (Phi) is 5.30. The van der Waals surface area contributed by atoms with E-state index in [0.717, 1.165) is 31.0 Å². The molecule has 0 heterocycles. The van der Waals surface area contributed by atoms with Crippen molar-refractivity contribution in [1.82, 2.24) is 0 Å². The molecule has 0 bridgehead atoms. The highest BCUT2D eigenvalue weighted by Crippen LogP contribution is 2.30. The number of carbonyl (C=O) groups excluding carboxylic acids is 3. The number of rotatable bonds is 6. The van der Waals surface area contributed by atoms with Crippen LogP contribution in [0.15, 0.2) is 42.5 Å². The molecule has 0 unspecified atom stereocenters. The summed E-state index contributed by atoms with van der Waals surface area (Å²) in [5, 5.41) is 2.75. The van der Waals surface area contributed by atoms with Crippen molar-refractivity contribution in [2.45, 2.75) is 25.9 Å². The first-order valence-corrected chi connectivity index (χ1v) is 8.46. The van der Waals surface area contributed by atoms with Crippen LogP contribution in [0.4, 0.5) is 14.5 Å². The zero-order valence-electron chi connectivity index (χ0n) is 14.5. The Bertz CT molecular complexity index is 891. The molecule has 0 saturated heterocycles. The summed E-state index contributed by atoms with van der Waals surface area (Å²) in [4.78, 5) is 36.1. The standard InChI is InChI=1S/C20H17F2NO4/c1-11(18(24)14-6-9-16(21)17(22)10-14)27-20(26)13-4-7-15(8-5-13)23-19(25)12-2-3-12/h4-12H,2-3H2,1H3,(H,23,25)/t11-/m1/s1. The van der Waals surface area contributed by atoms with E-state index in [2.05, 4.69) is 5.32 Å². The number of ether oxygens (including phenoxy) is 1. The van der Waals surface area contributed by atoms with Crippen molar-refractivity contribution < 1.29 is 27.9 Å². The van der Waals surface area contributed by atoms with Gasteiger partial charge in [-0.1, -0.05) is 0 Å². The molecule has 7 heteroatoms. The van der Waals surface area contributed by atoms with Crippen LogP contribution >= 0.6 is 0 Å². The second-order valence-electron chi connectivity index (χ2n) is 6.38. The van der Waals surface area contributed by atoms with Crippen LogP contribution in [-0.4, -0.2) is 23.8 Å². The van der Waals surface area contributed by atoms with Crippen LogP contribution in [-0.2, 0) is 9.53 Å². The first-order valence-electron chi connectivity index (χ1n) is 8.46. The van der Waals surface area contributed by atoms with Gasteiger partial charge < -0.3 is 10.1 Å². The summed E-state index contributed by atoms with van der Waals surface area (Å²) in [5.41, 5.74) is 0.672. The molecule has 27 heavy (non-hydrogen) atoms. The lowest BCUT2D eigenvalue weighted by atomic mass is 10.1. The Labute approximate surface area is 154 Å². The van der Waals surface area contributed by atoms with Crippen LogP contribution in [0.2, 0.25) is 0 Å². The maximum atomic E-state index is 13.2. The lowest BCUT2D eigenvalue weighted by Gasteiger charge is -2.13. The zero-order valence-corrected chi connectivity index (χ0v) is 14.5. The van der Waals surface area contributed by atoms with E-state index in [1.54, 1.807) is 12.1 Å². The number of carbonyl (C=O) groups is 3. The van der Waals surface area contributed by atoms with Crippen molar-refractivity contribution in [3.63, 3.8) is 0 Å². The highest BCUT2D eigenvalue weighted by molar-refractivity contribution is 6.01. The molecule has 2 aromatic carbocycles. The van der Waals surface area contributed by atoms with E-state index in [9.17, 15) is 23.2 Å². The van der Waals surface area contributed by atoms with Crippen LogP contribution < -0.4 is 5.32 Å². The zero-order chi connectivity index (χ0) is 19.6. The normalized spacial score (nSPS) is 14.3. The molecule has 1 fully saturated rings. The number of nitrogens with one attached hydrogen (secondary N) is 1. The molecule has 1 atom stereocenters. The lowest BCUT2D eigenvalue weighted by Crippen LogP contribution is -2.24. The van der Waals surface area contributed by atoms with Gasteiger partial charge in [-0.25, -0.2) is 13.6 Å². The summed E-state index contributed by atoms with van der Waals surface area (Å²) >= 11 is 0. The molecular weight excluding hydrogens is 356 g/mol. The Morgan fingerprint density at radius 1 is 1.00 bits per heavy atom. The molecule has 2 aromatic rings. The predicted octanol–water partition coefficient (Wildman–Crippen LogP) is 3.74. The van der Waals surface area contributed by atoms with Gasteiger partial charge in [0.1, 0.15) is 0 Å². The van der Waals surface area contributed by atoms with E-state index in [1.807, 2.05) is 0 Å². The first kappa shape index (κ1) is 18.7. The molecule has 1 amide bonds. The molecule has 0 aromatic heterocycles. The molecule has 0 spiro atoms. The van der Waals surface area contributed by atoms with E-state index in [4.69, 9.17) is 4.74 Å². The van der Waals surface area contributed by atoms with Gasteiger partial charge in [0.25, 0.3) is 0 Å². The second-order valence-corrected chi connectivity index (χ2v) is 6.38. The van der Waals surface area contributed by atoms with Gasteiger partial charge in [-0.15, -0.1) is 0 Å². The molecule has 1 aliphatic carbocycles. The number of halogens is 2. The average molecular weight is 373 g/mol. The number of esters is 1. The number of hydrogen-bond donors (Lipinski definition) is 1. The highest BCUT2D eigenvalue weighted by Gasteiger charge is 2.29. The van der Waals surface area contributed by atoms with E-state index in [1.165, 1.54) is 19.1 Å². The summed E-state index contributed by atoms with van der Waals surface area (Å²) in [7, 11) is 0. The minimum Gasteiger partial charge on any atom is -0.451 e. The molecule has 1 N–H and O–H groups in total. The first-order chi connectivity index (χ1) is 12.8. The van der Waals surface area contributed by atoms with Crippen molar-refractivity contribution in [3.05, 3.63) is 65.2 Å². The minimum absolute atomic E-state index is 0.0453. The van der Waals surface area contributed by atoms with Gasteiger partial charge in [0.2, 0.25) is 11.7 Å². The van der Waals surface area contributed by atoms with Gasteiger partial charge in [-0.3, -0.25) is 9.59 Å². The number of amides is 1. The molecule has 0 aliphatic heterocycles. The van der Waals surface area contributed by atoms with Crippen molar-refractivity contribution in [2.75, 3.05) is 5.32 Å². The summed E-state index contributed by atoms with van der Waals surface area (Å²) in [6.07, 6.45) is 0.608. The van der Waals surface area contributed by atoms with Gasteiger partial charge >= 0.3 is 5.97 Å². The third kappa shape index (κ3) is 4.55. The fourth-order valence-corrected chi connectivity index (χ4v) is 2.45. The highest BCUT2D eigenvalue weighted by atomic mass is 19.2. The van der Waals surface area contributed by atoms with Gasteiger partial charge in [-0.2, -0.15) is 0 Å². The van der Waals surface area contributed by atoms with Crippen LogP contribution in [0, 0.1) is 17.6 Å². The third-order valence-electron chi connectivity index (χ3n) is 4.19. The maximum Gasteiger partial charge on any atom is 0.338 e. The van der Waals surface area contributed by atoms with Crippen molar-refractivity contribution in [3.8, 4) is 0 Å². The molecule has 1 saturated carbocycles. The van der Waals surface area contributed by atoms with Crippen molar-refractivity contribution >= 4 is 23.3 Å². The quantitative estimate of drug-likeness (QED) is 0.618. The average Bonchev–Trinajstić information content (AvgIpc) is 3.49. The largest absolute Gasteiger partial charge is 0.451 e. The molecule has 5 nitrogen and oxygen atoms in total. The monoisotopic (exact) mass is 373 g/mol. The smallest absolute Gasteiger partial charge is 0.338 e. The van der Waals surface area contributed by atoms with Crippen LogP contribution in [0.3, 0.4) is 0 Å². The second kappa shape index (κ2) is 7.65. The SMILES string of the molecule is C[C@@H](OC(=O)c1ccc(NC(=O)C2CC2)cc1)C(=O)c1ccc(F)c(F)c1. The van der Waals surface area contributed by atoms with E-state index in [0.29, 0.717) is 5.69 Å². The van der Waals surface area contributed by atoms with E-state index < -0.39 is 29.5 Å². The predicted molar refractivity (Wildman–Crippen MR) is 93.4 cm³/mol. The topological polar surface area (TPSA) is 72.5 Å². The van der Waals surface area contributed by atoms with Crippen molar-refractivity contribution in [2.24, 2.45) is 5.92 Å². The Morgan fingerprint density at radius 2 is 1.63 bits per heavy atom. The molecule has 140 valence electrons. The van der Waals surface area contributed by atoms with Gasteiger partial charge in [0.15, 0.2) is 17.7 Å². The fourth-order valence-electron chi connectivity index (χ4n) is 2.45. The number of benzene rings is 2. The Balaban J connectivity index is 1.60. The van der Waals surface area contributed by atoms with E-state index >= 15 is 0 Å². The minimum atomic E-state index is -1.17.